The van der Waals surface area contributed by atoms with Gasteiger partial charge in [0, 0.05) is 13.2 Å². The second-order valence-corrected chi connectivity index (χ2v) is 6.36. The van der Waals surface area contributed by atoms with Gasteiger partial charge in [-0.3, -0.25) is 0 Å². The highest BCUT2D eigenvalue weighted by atomic mass is 32.2. The van der Waals surface area contributed by atoms with Crippen molar-refractivity contribution in [1.82, 2.24) is 0 Å². The molecule has 96 valence electrons. The molecule has 0 radical (unpaired) electrons. The normalized spacial score (nSPS) is 17.3. The highest BCUT2D eigenvalue weighted by Gasteiger charge is 2.16. The zero-order chi connectivity index (χ0) is 11.9. The Morgan fingerprint density at radius 1 is 1.12 bits per heavy atom. The quantitative estimate of drug-likeness (QED) is 0.632. The van der Waals surface area contributed by atoms with Crippen LogP contribution in [0.2, 0.25) is 0 Å². The first kappa shape index (κ1) is 13.9. The third-order valence-electron chi connectivity index (χ3n) is 3.11. The van der Waals surface area contributed by atoms with Crippen molar-refractivity contribution in [1.29, 1.82) is 0 Å². The van der Waals surface area contributed by atoms with Crippen molar-refractivity contribution in [2.45, 2.75) is 44.9 Å². The third-order valence-corrected chi connectivity index (χ3v) is 3.97. The molecule has 0 heterocycles. The van der Waals surface area contributed by atoms with Gasteiger partial charge in [0.05, 0.1) is 5.75 Å². The van der Waals surface area contributed by atoms with E-state index in [0.717, 1.165) is 32.0 Å². The van der Waals surface area contributed by atoms with Crippen LogP contribution in [0.4, 0.5) is 0 Å². The van der Waals surface area contributed by atoms with Gasteiger partial charge in [-0.2, -0.15) is 0 Å². The fourth-order valence-electron chi connectivity index (χ4n) is 1.82. The summed E-state index contributed by atoms with van der Waals surface area (Å²) in [4.78, 5) is 0. The minimum Gasteiger partial charge on any atom is -0.381 e. The fraction of sp³-hybridized carbons (Fsp3) is 1.00. The lowest BCUT2D eigenvalue weighted by atomic mass is 9.83. The molecule has 0 saturated heterocycles. The van der Waals surface area contributed by atoms with Crippen molar-refractivity contribution in [2.75, 3.05) is 19.0 Å². The van der Waals surface area contributed by atoms with Crippen LogP contribution in [-0.2, 0) is 14.8 Å². The van der Waals surface area contributed by atoms with E-state index >= 15 is 0 Å². The minimum atomic E-state index is -3.27. The second kappa shape index (κ2) is 7.25. The van der Waals surface area contributed by atoms with Gasteiger partial charge in [-0.1, -0.05) is 25.7 Å². The van der Waals surface area contributed by atoms with Crippen LogP contribution in [0.25, 0.3) is 0 Å². The maximum Gasteiger partial charge on any atom is 0.209 e. The summed E-state index contributed by atoms with van der Waals surface area (Å²) in [6, 6.07) is 0. The molecule has 16 heavy (non-hydrogen) atoms. The maximum absolute atomic E-state index is 10.6. The van der Waals surface area contributed by atoms with Crippen molar-refractivity contribution in [3.05, 3.63) is 0 Å². The number of hydrogen-bond acceptors (Lipinski definition) is 3. The zero-order valence-corrected chi connectivity index (χ0v) is 10.7. The second-order valence-electron chi connectivity index (χ2n) is 4.63. The summed E-state index contributed by atoms with van der Waals surface area (Å²) in [6.07, 6.45) is 7.77. The smallest absolute Gasteiger partial charge is 0.209 e. The first-order valence-corrected chi connectivity index (χ1v) is 7.88. The zero-order valence-electron chi connectivity index (χ0n) is 9.86. The summed E-state index contributed by atoms with van der Waals surface area (Å²) in [5, 5.41) is 4.89. The molecule has 1 saturated carbocycles. The van der Waals surface area contributed by atoms with E-state index in [-0.39, 0.29) is 5.75 Å². The van der Waals surface area contributed by atoms with Gasteiger partial charge in [-0.25, -0.2) is 13.6 Å². The summed E-state index contributed by atoms with van der Waals surface area (Å²) < 4.78 is 26.7. The molecule has 1 fully saturated rings. The topological polar surface area (TPSA) is 69.4 Å². The minimum absolute atomic E-state index is 0.0923. The van der Waals surface area contributed by atoms with E-state index in [0.29, 0.717) is 6.42 Å². The van der Waals surface area contributed by atoms with Crippen LogP contribution in [-0.4, -0.2) is 27.4 Å². The van der Waals surface area contributed by atoms with E-state index in [1.165, 1.54) is 25.7 Å². The van der Waals surface area contributed by atoms with Crippen LogP contribution in [0, 0.1) is 5.92 Å². The highest BCUT2D eigenvalue weighted by molar-refractivity contribution is 7.89. The lowest BCUT2D eigenvalue weighted by Gasteiger charge is -2.24. The van der Waals surface area contributed by atoms with E-state index in [9.17, 15) is 8.42 Å². The number of sulfonamides is 1. The van der Waals surface area contributed by atoms with Crippen LogP contribution < -0.4 is 5.14 Å². The number of unbranched alkanes of at least 4 members (excludes halogenated alkanes) is 2. The van der Waals surface area contributed by atoms with Crippen LogP contribution in [0.5, 0.6) is 0 Å². The van der Waals surface area contributed by atoms with Gasteiger partial charge in [0.25, 0.3) is 0 Å². The SMILES string of the molecule is NS(=O)(=O)CCCCCOCCC1CCC1. The summed E-state index contributed by atoms with van der Waals surface area (Å²) >= 11 is 0. The molecule has 0 aromatic rings. The van der Waals surface area contributed by atoms with Gasteiger partial charge in [-0.15, -0.1) is 0 Å². The monoisotopic (exact) mass is 249 g/mol. The molecule has 1 rings (SSSR count). The van der Waals surface area contributed by atoms with Gasteiger partial charge in [0.2, 0.25) is 10.0 Å². The Balaban J connectivity index is 1.77. The predicted octanol–water partition coefficient (Wildman–Crippen LogP) is 1.65. The molecule has 0 aromatic heterocycles. The van der Waals surface area contributed by atoms with E-state index in [4.69, 9.17) is 9.88 Å². The lowest BCUT2D eigenvalue weighted by molar-refractivity contribution is 0.104. The average molecular weight is 249 g/mol. The first-order chi connectivity index (χ1) is 7.58. The van der Waals surface area contributed by atoms with Crippen LogP contribution in [0.15, 0.2) is 0 Å². The van der Waals surface area contributed by atoms with Crippen molar-refractivity contribution in [3.8, 4) is 0 Å². The van der Waals surface area contributed by atoms with Gasteiger partial charge in [0.1, 0.15) is 0 Å². The Bertz CT molecular complexity index is 273. The van der Waals surface area contributed by atoms with Crippen LogP contribution in [0.3, 0.4) is 0 Å². The fourth-order valence-corrected chi connectivity index (χ4v) is 2.42. The third kappa shape index (κ3) is 7.19. The summed E-state index contributed by atoms with van der Waals surface area (Å²) in [6.45, 7) is 1.61. The average Bonchev–Trinajstić information content (AvgIpc) is 2.10. The molecule has 0 aromatic carbocycles. The molecule has 2 N–H and O–H groups in total. The summed E-state index contributed by atoms with van der Waals surface area (Å²) in [5.74, 6) is 0.997. The maximum atomic E-state index is 10.6. The summed E-state index contributed by atoms with van der Waals surface area (Å²) in [7, 11) is -3.27. The molecular formula is C11H23NO3S. The predicted molar refractivity (Wildman–Crippen MR) is 64.6 cm³/mol. The lowest BCUT2D eigenvalue weighted by Crippen LogP contribution is -2.16. The number of nitrogens with two attached hydrogens (primary N) is 1. The van der Waals surface area contributed by atoms with E-state index in [2.05, 4.69) is 0 Å². The molecule has 0 bridgehead atoms. The van der Waals surface area contributed by atoms with Crippen molar-refractivity contribution >= 4 is 10.0 Å². The molecule has 0 unspecified atom stereocenters. The molecule has 1 aliphatic rings. The molecule has 0 amide bonds. The highest BCUT2D eigenvalue weighted by Crippen LogP contribution is 2.29. The Morgan fingerprint density at radius 2 is 1.88 bits per heavy atom. The number of hydrogen-bond donors (Lipinski definition) is 1. The molecule has 0 atom stereocenters. The van der Waals surface area contributed by atoms with E-state index in [1.807, 2.05) is 0 Å². The molecule has 0 aliphatic heterocycles. The first-order valence-electron chi connectivity index (χ1n) is 6.16. The van der Waals surface area contributed by atoms with Crippen LogP contribution in [0.1, 0.15) is 44.9 Å². The van der Waals surface area contributed by atoms with Gasteiger partial charge in [-0.05, 0) is 25.2 Å². The largest absolute Gasteiger partial charge is 0.381 e. The van der Waals surface area contributed by atoms with Crippen molar-refractivity contribution in [2.24, 2.45) is 11.1 Å². The molecular weight excluding hydrogens is 226 g/mol. The van der Waals surface area contributed by atoms with Gasteiger partial charge >= 0.3 is 0 Å². The van der Waals surface area contributed by atoms with E-state index in [1.54, 1.807) is 0 Å². The van der Waals surface area contributed by atoms with Crippen molar-refractivity contribution in [3.63, 3.8) is 0 Å². The van der Waals surface area contributed by atoms with E-state index < -0.39 is 10.0 Å². The molecule has 5 heteroatoms. The molecule has 4 nitrogen and oxygen atoms in total. The number of primary sulfonamides is 1. The molecule has 0 spiro atoms. The Hall–Kier alpha value is -0.130. The number of ether oxygens (including phenoxy) is 1. The number of rotatable bonds is 9. The van der Waals surface area contributed by atoms with Gasteiger partial charge < -0.3 is 4.74 Å². The standard InChI is InChI=1S/C11H23NO3S/c12-16(13,14)10-3-1-2-8-15-9-7-11-5-4-6-11/h11H,1-10H2,(H2,12,13,14). The Kier molecular flexibility index (Phi) is 6.31. The van der Waals surface area contributed by atoms with Crippen LogP contribution >= 0.6 is 0 Å². The summed E-state index contributed by atoms with van der Waals surface area (Å²) in [5.41, 5.74) is 0. The molecule has 1 aliphatic carbocycles. The van der Waals surface area contributed by atoms with Crippen molar-refractivity contribution < 1.29 is 13.2 Å². The van der Waals surface area contributed by atoms with Gasteiger partial charge in [0.15, 0.2) is 0 Å². The Labute approximate surface area is 98.6 Å². The Morgan fingerprint density at radius 3 is 2.44 bits per heavy atom.